The minimum absolute atomic E-state index is 0.00437. The lowest BCUT2D eigenvalue weighted by Gasteiger charge is -2.29. The van der Waals surface area contributed by atoms with Gasteiger partial charge in [-0.15, -0.1) is 11.3 Å². The molecule has 1 N–H and O–H groups in total. The fourth-order valence-electron chi connectivity index (χ4n) is 4.32. The summed E-state index contributed by atoms with van der Waals surface area (Å²) in [6.45, 7) is 3.93. The van der Waals surface area contributed by atoms with Crippen LogP contribution in [0.1, 0.15) is 62.2 Å². The molecule has 144 valence electrons. The van der Waals surface area contributed by atoms with Crippen LogP contribution >= 0.6 is 11.3 Å². The third kappa shape index (κ3) is 3.57. The van der Waals surface area contributed by atoms with Crippen molar-refractivity contribution in [2.75, 3.05) is 0 Å². The number of ether oxygens (including phenoxy) is 1. The molecule has 4 nitrogen and oxygen atoms in total. The monoisotopic (exact) mass is 386 g/mol. The van der Waals surface area contributed by atoms with E-state index in [1.807, 2.05) is 19.9 Å². The highest BCUT2D eigenvalue weighted by Gasteiger charge is 2.45. The van der Waals surface area contributed by atoms with Crippen molar-refractivity contribution in [2.45, 2.75) is 64.4 Å². The van der Waals surface area contributed by atoms with E-state index in [4.69, 9.17) is 9.15 Å². The van der Waals surface area contributed by atoms with E-state index in [0.717, 1.165) is 31.4 Å². The molecule has 0 saturated heterocycles. The molecule has 0 radical (unpaired) electrons. The summed E-state index contributed by atoms with van der Waals surface area (Å²) in [4.78, 5) is 14.2. The first kappa shape index (κ1) is 18.4. The lowest BCUT2D eigenvalue weighted by molar-refractivity contribution is 0.00891. The highest BCUT2D eigenvalue weighted by Crippen LogP contribution is 2.52. The van der Waals surface area contributed by atoms with E-state index in [1.54, 1.807) is 17.4 Å². The number of allylic oxidation sites excluding steroid dienone is 1. The highest BCUT2D eigenvalue weighted by molar-refractivity contribution is 7.09. The summed E-state index contributed by atoms with van der Waals surface area (Å²) >= 11 is 1.77. The number of hydrogen-bond donors (Lipinski definition) is 1. The molecule has 0 amide bonds. The van der Waals surface area contributed by atoms with Crippen LogP contribution in [0.4, 0.5) is 0 Å². The van der Waals surface area contributed by atoms with Gasteiger partial charge in [0.2, 0.25) is 0 Å². The molecule has 0 bridgehead atoms. The molecule has 5 heteroatoms. The molecule has 1 saturated carbocycles. The summed E-state index contributed by atoms with van der Waals surface area (Å²) in [6, 6.07) is 5.87. The molecule has 4 rings (SSSR count). The van der Waals surface area contributed by atoms with E-state index in [9.17, 15) is 9.90 Å². The van der Waals surface area contributed by atoms with Crippen LogP contribution in [0.3, 0.4) is 0 Å². The van der Waals surface area contributed by atoms with Crippen molar-refractivity contribution in [1.29, 1.82) is 0 Å². The fourth-order valence-corrected chi connectivity index (χ4v) is 5.19. The minimum atomic E-state index is -0.795. The maximum atomic E-state index is 12.8. The Bertz CT molecular complexity index is 905. The van der Waals surface area contributed by atoms with Gasteiger partial charge >= 0.3 is 5.63 Å². The zero-order valence-electron chi connectivity index (χ0n) is 15.9. The summed E-state index contributed by atoms with van der Waals surface area (Å²) in [5, 5.41) is 12.8. The van der Waals surface area contributed by atoms with E-state index in [1.165, 1.54) is 4.88 Å². The van der Waals surface area contributed by atoms with E-state index in [2.05, 4.69) is 17.5 Å². The van der Waals surface area contributed by atoms with Crippen molar-refractivity contribution in [3.05, 3.63) is 62.0 Å². The van der Waals surface area contributed by atoms with E-state index in [-0.39, 0.29) is 16.7 Å². The Balaban J connectivity index is 1.60. The third-order valence-electron chi connectivity index (χ3n) is 5.80. The smallest absolute Gasteiger partial charge is 0.346 e. The van der Waals surface area contributed by atoms with Gasteiger partial charge in [-0.2, -0.15) is 0 Å². The fraction of sp³-hybridized carbons (Fsp3) is 0.500. The van der Waals surface area contributed by atoms with Crippen LogP contribution < -0.4 is 5.63 Å². The van der Waals surface area contributed by atoms with Gasteiger partial charge in [0.05, 0.1) is 5.76 Å². The average molecular weight is 387 g/mol. The lowest BCUT2D eigenvalue weighted by Crippen LogP contribution is -2.32. The van der Waals surface area contributed by atoms with E-state index < -0.39 is 11.2 Å². The van der Waals surface area contributed by atoms with Crippen LogP contribution in [0.5, 0.6) is 5.75 Å². The molecule has 1 fully saturated rings. The molecule has 0 spiro atoms. The van der Waals surface area contributed by atoms with Crippen molar-refractivity contribution in [3.63, 3.8) is 0 Å². The molecule has 0 aromatic carbocycles. The van der Waals surface area contributed by atoms with Gasteiger partial charge in [-0.25, -0.2) is 4.79 Å². The summed E-state index contributed by atoms with van der Waals surface area (Å²) in [7, 11) is 0. The molecule has 3 heterocycles. The lowest BCUT2D eigenvalue weighted by atomic mass is 9.87. The summed E-state index contributed by atoms with van der Waals surface area (Å²) < 4.78 is 11.7. The molecule has 27 heavy (non-hydrogen) atoms. The SMILES string of the molecule is CCCC1(c2c(O)cc(CC3(Cc4cccs4)CC3)oc2=O)CC=C(C)O1. The Kier molecular flexibility index (Phi) is 4.66. The molecule has 2 aromatic rings. The molecule has 1 atom stereocenters. The Morgan fingerprint density at radius 1 is 1.30 bits per heavy atom. The molecular formula is C22H26O4S. The van der Waals surface area contributed by atoms with Gasteiger partial charge < -0.3 is 14.3 Å². The van der Waals surface area contributed by atoms with Crippen LogP contribution in [-0.2, 0) is 23.2 Å². The summed E-state index contributed by atoms with van der Waals surface area (Å²) in [5.74, 6) is 1.37. The van der Waals surface area contributed by atoms with Crippen molar-refractivity contribution >= 4 is 11.3 Å². The number of thiophene rings is 1. The van der Waals surface area contributed by atoms with Crippen LogP contribution in [0.15, 0.2) is 44.6 Å². The Morgan fingerprint density at radius 2 is 2.11 bits per heavy atom. The number of rotatable bonds is 7. The van der Waals surface area contributed by atoms with Crippen LogP contribution in [0.25, 0.3) is 0 Å². The van der Waals surface area contributed by atoms with Gasteiger partial charge in [0.25, 0.3) is 0 Å². The van der Waals surface area contributed by atoms with Gasteiger partial charge in [0, 0.05) is 23.8 Å². The standard InChI is InChI=1S/C22H26O4S/c1-3-7-22(8-6-15(2)26-22)19-18(23)12-16(25-20(19)24)13-21(9-10-21)14-17-5-4-11-27-17/h4-6,11-12,23H,3,7-10,13-14H2,1-2H3. The maximum Gasteiger partial charge on any atom is 0.346 e. The molecule has 2 aromatic heterocycles. The molecule has 1 aliphatic heterocycles. The predicted octanol–water partition coefficient (Wildman–Crippen LogP) is 5.29. The number of hydrogen-bond acceptors (Lipinski definition) is 5. The topological polar surface area (TPSA) is 59.7 Å². The zero-order valence-corrected chi connectivity index (χ0v) is 16.7. The van der Waals surface area contributed by atoms with Gasteiger partial charge in [0.15, 0.2) is 0 Å². The normalized spacial score (nSPS) is 23.1. The molecule has 1 aliphatic carbocycles. The second-order valence-corrected chi connectivity index (χ2v) is 9.09. The maximum absolute atomic E-state index is 12.8. The first-order valence-corrected chi connectivity index (χ1v) is 10.6. The second kappa shape index (κ2) is 6.86. The Morgan fingerprint density at radius 3 is 2.67 bits per heavy atom. The molecular weight excluding hydrogens is 360 g/mol. The minimum Gasteiger partial charge on any atom is -0.507 e. The summed E-state index contributed by atoms with van der Waals surface area (Å²) in [6.07, 6.45) is 8.03. The predicted molar refractivity (Wildman–Crippen MR) is 106 cm³/mol. The first-order valence-electron chi connectivity index (χ1n) is 9.70. The first-order chi connectivity index (χ1) is 13.0. The van der Waals surface area contributed by atoms with Gasteiger partial charge in [-0.05, 0) is 55.5 Å². The molecule has 1 unspecified atom stereocenters. The van der Waals surface area contributed by atoms with Gasteiger partial charge in [-0.3, -0.25) is 0 Å². The zero-order chi connectivity index (χ0) is 19.1. The summed E-state index contributed by atoms with van der Waals surface area (Å²) in [5.41, 5.74) is -0.827. The van der Waals surface area contributed by atoms with Gasteiger partial charge in [0.1, 0.15) is 22.7 Å². The van der Waals surface area contributed by atoms with Crippen LogP contribution in [-0.4, -0.2) is 5.11 Å². The van der Waals surface area contributed by atoms with Crippen LogP contribution in [0.2, 0.25) is 0 Å². The second-order valence-electron chi connectivity index (χ2n) is 8.06. The highest BCUT2D eigenvalue weighted by atomic mass is 32.1. The Hall–Kier alpha value is -2.01. The Labute approximate surface area is 163 Å². The quantitative estimate of drug-likeness (QED) is 0.702. The van der Waals surface area contributed by atoms with Crippen molar-refractivity contribution < 1.29 is 14.3 Å². The van der Waals surface area contributed by atoms with E-state index in [0.29, 0.717) is 25.0 Å². The third-order valence-corrected chi connectivity index (χ3v) is 6.68. The molecule has 2 aliphatic rings. The average Bonchev–Trinajstić information content (AvgIpc) is 2.99. The van der Waals surface area contributed by atoms with Crippen molar-refractivity contribution in [2.24, 2.45) is 5.41 Å². The largest absolute Gasteiger partial charge is 0.507 e. The van der Waals surface area contributed by atoms with Crippen molar-refractivity contribution in [1.82, 2.24) is 0 Å². The van der Waals surface area contributed by atoms with Gasteiger partial charge in [-0.1, -0.05) is 19.4 Å². The van der Waals surface area contributed by atoms with E-state index >= 15 is 0 Å². The number of aromatic hydroxyl groups is 1. The van der Waals surface area contributed by atoms with Crippen LogP contribution in [0, 0.1) is 5.41 Å². The van der Waals surface area contributed by atoms with Crippen molar-refractivity contribution in [3.8, 4) is 5.75 Å².